The first-order valence-corrected chi connectivity index (χ1v) is 5.49. The lowest BCUT2D eigenvalue weighted by molar-refractivity contribution is 0.596. The van der Waals surface area contributed by atoms with Crippen molar-refractivity contribution in [2.45, 2.75) is 39.1 Å². The van der Waals surface area contributed by atoms with E-state index < -0.39 is 0 Å². The monoisotopic (exact) mass is 213 g/mol. The average molecular weight is 214 g/mol. The van der Waals surface area contributed by atoms with E-state index in [1.54, 1.807) is 4.57 Å². The molecule has 0 aliphatic heterocycles. The molecule has 0 N–H and O–H groups in total. The highest BCUT2D eigenvalue weighted by Gasteiger charge is 2.04. The van der Waals surface area contributed by atoms with Gasteiger partial charge >= 0.3 is 0 Å². The Morgan fingerprint density at radius 3 is 2.71 bits per heavy atom. The Morgan fingerprint density at radius 1 is 1.43 bits per heavy atom. The lowest BCUT2D eigenvalue weighted by Crippen LogP contribution is -2.24. The van der Waals surface area contributed by atoms with Gasteiger partial charge in [-0.3, -0.25) is 4.79 Å². The fourth-order valence-electron chi connectivity index (χ4n) is 1.41. The molecule has 0 amide bonds. The number of halogens is 1. The Kier molecular flexibility index (Phi) is 4.21. The van der Waals surface area contributed by atoms with Gasteiger partial charge in [0.05, 0.1) is 5.88 Å². The highest BCUT2D eigenvalue weighted by Crippen LogP contribution is 2.03. The molecule has 0 aromatic carbocycles. The van der Waals surface area contributed by atoms with Gasteiger partial charge in [-0.25, -0.2) is 0 Å². The molecule has 14 heavy (non-hydrogen) atoms. The van der Waals surface area contributed by atoms with Crippen molar-refractivity contribution < 1.29 is 0 Å². The summed E-state index contributed by atoms with van der Waals surface area (Å²) in [6.07, 6.45) is 2.13. The Balaban J connectivity index is 3.06. The highest BCUT2D eigenvalue weighted by molar-refractivity contribution is 6.17. The van der Waals surface area contributed by atoms with E-state index in [0.717, 1.165) is 25.1 Å². The Morgan fingerprint density at radius 2 is 2.14 bits per heavy atom. The van der Waals surface area contributed by atoms with E-state index in [1.165, 1.54) is 0 Å². The minimum Gasteiger partial charge on any atom is -0.313 e. The summed E-state index contributed by atoms with van der Waals surface area (Å²) >= 11 is 5.68. The number of rotatable bonds is 4. The van der Waals surface area contributed by atoms with Crippen LogP contribution in [0.5, 0.6) is 0 Å². The summed E-state index contributed by atoms with van der Waals surface area (Å²) in [7, 11) is 0. The third kappa shape index (κ3) is 2.38. The molecule has 0 fully saturated rings. The molecular weight excluding hydrogens is 198 g/mol. The second-order valence-electron chi connectivity index (χ2n) is 3.44. The molecule has 0 spiro atoms. The topological polar surface area (TPSA) is 22.0 Å². The van der Waals surface area contributed by atoms with Crippen LogP contribution in [0.3, 0.4) is 0 Å². The van der Waals surface area contributed by atoms with Crippen LogP contribution >= 0.6 is 11.6 Å². The minimum atomic E-state index is 0.0634. The normalized spacial score (nSPS) is 10.5. The van der Waals surface area contributed by atoms with Crippen molar-refractivity contribution in [1.82, 2.24) is 4.57 Å². The molecule has 1 aromatic rings. The van der Waals surface area contributed by atoms with Gasteiger partial charge in [0.25, 0.3) is 5.56 Å². The van der Waals surface area contributed by atoms with Crippen LogP contribution in [0.2, 0.25) is 0 Å². The second kappa shape index (κ2) is 5.20. The zero-order valence-electron chi connectivity index (χ0n) is 8.72. The van der Waals surface area contributed by atoms with Gasteiger partial charge in [0.15, 0.2) is 0 Å². The summed E-state index contributed by atoms with van der Waals surface area (Å²) in [5.41, 5.74) is 1.76. The number of aromatic nitrogens is 1. The predicted octanol–water partition coefficient (Wildman–Crippen LogP) is 2.70. The van der Waals surface area contributed by atoms with Crippen molar-refractivity contribution in [2.24, 2.45) is 0 Å². The maximum absolute atomic E-state index is 11.8. The number of hydrogen-bond donors (Lipinski definition) is 0. The molecule has 0 atom stereocenters. The van der Waals surface area contributed by atoms with Crippen LogP contribution in [0.1, 0.15) is 31.0 Å². The van der Waals surface area contributed by atoms with Crippen molar-refractivity contribution in [2.75, 3.05) is 0 Å². The number of hydrogen-bond acceptors (Lipinski definition) is 1. The van der Waals surface area contributed by atoms with Crippen LogP contribution in [-0.2, 0) is 12.4 Å². The zero-order valence-corrected chi connectivity index (χ0v) is 9.47. The van der Waals surface area contributed by atoms with E-state index in [2.05, 4.69) is 6.92 Å². The van der Waals surface area contributed by atoms with Crippen molar-refractivity contribution in [1.29, 1.82) is 0 Å². The Bertz CT molecular complexity index is 357. The van der Waals surface area contributed by atoms with Crippen LogP contribution in [0.25, 0.3) is 0 Å². The smallest absolute Gasteiger partial charge is 0.255 e. The van der Waals surface area contributed by atoms with E-state index in [0.29, 0.717) is 11.4 Å². The van der Waals surface area contributed by atoms with Crippen LogP contribution in [0.4, 0.5) is 0 Å². The van der Waals surface area contributed by atoms with Crippen molar-refractivity contribution >= 4 is 11.6 Å². The van der Waals surface area contributed by atoms with Crippen molar-refractivity contribution in [3.05, 3.63) is 33.7 Å². The molecule has 0 radical (unpaired) electrons. The molecule has 0 aliphatic carbocycles. The fraction of sp³-hybridized carbons (Fsp3) is 0.545. The van der Waals surface area contributed by atoms with Crippen LogP contribution in [0, 0.1) is 6.92 Å². The number of pyridine rings is 1. The van der Waals surface area contributed by atoms with Gasteiger partial charge in [0.2, 0.25) is 0 Å². The molecule has 1 aromatic heterocycles. The fourth-order valence-corrected chi connectivity index (χ4v) is 1.62. The summed E-state index contributed by atoms with van der Waals surface area (Å²) < 4.78 is 1.81. The maximum Gasteiger partial charge on any atom is 0.255 e. The quantitative estimate of drug-likeness (QED) is 0.705. The molecule has 1 rings (SSSR count). The molecule has 3 heteroatoms. The lowest BCUT2D eigenvalue weighted by atomic mass is 10.2. The molecular formula is C11H16ClNO. The average Bonchev–Trinajstić information content (AvgIpc) is 2.18. The summed E-state index contributed by atoms with van der Waals surface area (Å²) in [5, 5.41) is 0. The molecule has 1 heterocycles. The SMILES string of the molecule is CCCCn1c(C)ccc(CCl)c1=O. The molecule has 0 bridgehead atoms. The molecule has 0 aliphatic rings. The van der Waals surface area contributed by atoms with Gasteiger partial charge in [-0.15, -0.1) is 11.6 Å². The first-order valence-electron chi connectivity index (χ1n) is 4.96. The number of alkyl halides is 1. The van der Waals surface area contributed by atoms with Gasteiger partial charge in [-0.05, 0) is 19.4 Å². The van der Waals surface area contributed by atoms with E-state index in [-0.39, 0.29) is 5.56 Å². The number of unbranched alkanes of at least 4 members (excludes halogenated alkanes) is 1. The van der Waals surface area contributed by atoms with Gasteiger partial charge in [0, 0.05) is 17.8 Å². The first kappa shape index (κ1) is 11.3. The van der Waals surface area contributed by atoms with Crippen LogP contribution < -0.4 is 5.56 Å². The highest BCUT2D eigenvalue weighted by atomic mass is 35.5. The summed E-state index contributed by atoms with van der Waals surface area (Å²) in [4.78, 5) is 11.8. The molecule has 2 nitrogen and oxygen atoms in total. The van der Waals surface area contributed by atoms with Crippen molar-refractivity contribution in [3.63, 3.8) is 0 Å². The maximum atomic E-state index is 11.8. The summed E-state index contributed by atoms with van der Waals surface area (Å²) in [6, 6.07) is 3.77. The van der Waals surface area contributed by atoms with E-state index >= 15 is 0 Å². The second-order valence-corrected chi connectivity index (χ2v) is 3.71. The third-order valence-corrected chi connectivity index (χ3v) is 2.64. The minimum absolute atomic E-state index is 0.0634. The third-order valence-electron chi connectivity index (χ3n) is 2.35. The standard InChI is InChI=1S/C11H16ClNO/c1-3-4-7-13-9(2)5-6-10(8-12)11(13)14/h5-6H,3-4,7-8H2,1-2H3. The van der Waals surface area contributed by atoms with Crippen LogP contribution in [0.15, 0.2) is 16.9 Å². The predicted molar refractivity (Wildman–Crippen MR) is 59.9 cm³/mol. The largest absolute Gasteiger partial charge is 0.313 e. The van der Waals surface area contributed by atoms with E-state index in [9.17, 15) is 4.79 Å². The molecule has 78 valence electrons. The summed E-state index contributed by atoms with van der Waals surface area (Å²) in [5.74, 6) is 0.297. The van der Waals surface area contributed by atoms with Crippen LogP contribution in [-0.4, -0.2) is 4.57 Å². The zero-order chi connectivity index (χ0) is 10.6. The molecule has 0 saturated carbocycles. The Labute approximate surface area is 89.5 Å². The van der Waals surface area contributed by atoms with E-state index in [1.807, 2.05) is 19.1 Å². The first-order chi connectivity index (χ1) is 6.70. The van der Waals surface area contributed by atoms with Gasteiger partial charge in [-0.2, -0.15) is 0 Å². The van der Waals surface area contributed by atoms with Crippen molar-refractivity contribution in [3.8, 4) is 0 Å². The van der Waals surface area contributed by atoms with E-state index in [4.69, 9.17) is 11.6 Å². The summed E-state index contributed by atoms with van der Waals surface area (Å²) in [6.45, 7) is 4.87. The molecule has 0 unspecified atom stereocenters. The Hall–Kier alpha value is -0.760. The van der Waals surface area contributed by atoms with Gasteiger partial charge in [-0.1, -0.05) is 19.4 Å². The number of nitrogens with zero attached hydrogens (tertiary/aromatic N) is 1. The van der Waals surface area contributed by atoms with Gasteiger partial charge in [0.1, 0.15) is 0 Å². The molecule has 0 saturated heterocycles. The lowest BCUT2D eigenvalue weighted by Gasteiger charge is -2.10. The number of aryl methyl sites for hydroxylation is 1. The van der Waals surface area contributed by atoms with Gasteiger partial charge < -0.3 is 4.57 Å².